The summed E-state index contributed by atoms with van der Waals surface area (Å²) in [5.41, 5.74) is 0.471. The number of aromatic nitrogens is 4. The van der Waals surface area contributed by atoms with Crippen molar-refractivity contribution >= 4 is 27.7 Å². The van der Waals surface area contributed by atoms with E-state index in [0.717, 1.165) is 6.33 Å². The first kappa shape index (κ1) is 14.7. The van der Waals surface area contributed by atoms with Gasteiger partial charge in [0.2, 0.25) is 5.28 Å². The maximum Gasteiger partial charge on any atom is 0.364 e. The van der Waals surface area contributed by atoms with E-state index in [1.807, 2.05) is 11.8 Å². The van der Waals surface area contributed by atoms with Crippen molar-refractivity contribution in [2.24, 2.45) is 0 Å². The van der Waals surface area contributed by atoms with Crippen LogP contribution in [0.25, 0.3) is 0 Å². The predicted octanol–water partition coefficient (Wildman–Crippen LogP) is 1.00. The molecule has 0 aliphatic heterocycles. The molecule has 0 aliphatic rings. The van der Waals surface area contributed by atoms with E-state index in [-0.39, 0.29) is 5.28 Å². The molecule has 0 saturated carbocycles. The zero-order valence-electron chi connectivity index (χ0n) is 10.5. The smallest absolute Gasteiger partial charge is 0.351 e. The summed E-state index contributed by atoms with van der Waals surface area (Å²) in [6.07, 6.45) is 3.80. The average Bonchev–Trinajstić information content (AvgIpc) is 2.84. The van der Waals surface area contributed by atoms with Gasteiger partial charge in [-0.25, -0.2) is 18.9 Å². The molecule has 0 spiro atoms. The Morgan fingerprint density at radius 3 is 2.75 bits per heavy atom. The van der Waals surface area contributed by atoms with Crippen LogP contribution in [0.3, 0.4) is 0 Å². The minimum absolute atomic E-state index is 0.129. The van der Waals surface area contributed by atoms with Crippen LogP contribution >= 0.6 is 11.6 Å². The molecule has 2 rings (SSSR count). The van der Waals surface area contributed by atoms with Gasteiger partial charge in [-0.05, 0) is 24.6 Å². The van der Waals surface area contributed by atoms with E-state index in [1.54, 1.807) is 6.07 Å². The van der Waals surface area contributed by atoms with Gasteiger partial charge in [-0.3, -0.25) is 4.55 Å². The molecule has 0 unspecified atom stereocenters. The molecule has 10 heteroatoms. The van der Waals surface area contributed by atoms with Gasteiger partial charge in [-0.15, -0.1) is 0 Å². The summed E-state index contributed by atoms with van der Waals surface area (Å²) in [6.45, 7) is 2.86. The fraction of sp³-hybridized carbons (Fsp3) is 0.300. The predicted molar refractivity (Wildman–Crippen MR) is 72.9 cm³/mol. The summed E-state index contributed by atoms with van der Waals surface area (Å²) in [7, 11) is -4.31. The second-order valence-electron chi connectivity index (χ2n) is 3.87. The highest BCUT2D eigenvalue weighted by atomic mass is 35.5. The molecule has 0 aromatic carbocycles. The van der Waals surface area contributed by atoms with Crippen LogP contribution in [0.2, 0.25) is 5.28 Å². The van der Waals surface area contributed by atoms with Gasteiger partial charge < -0.3 is 4.90 Å². The average molecular weight is 318 g/mol. The monoisotopic (exact) mass is 317 g/mol. The number of anilines is 1. The fourth-order valence-electron chi connectivity index (χ4n) is 1.60. The Bertz CT molecular complexity index is 702. The molecule has 0 atom stereocenters. The molecule has 0 aliphatic carbocycles. The lowest BCUT2D eigenvalue weighted by atomic mass is 10.4. The molecule has 8 nitrogen and oxygen atoms in total. The highest BCUT2D eigenvalue weighted by molar-refractivity contribution is 7.84. The van der Waals surface area contributed by atoms with Gasteiger partial charge in [0.15, 0.2) is 0 Å². The van der Waals surface area contributed by atoms with Gasteiger partial charge in [0.05, 0.1) is 12.2 Å². The molecule has 0 radical (unpaired) electrons. The number of halogens is 1. The maximum absolute atomic E-state index is 10.9. The third-order valence-corrected chi connectivity index (χ3v) is 3.46. The van der Waals surface area contributed by atoms with Crippen LogP contribution in [-0.2, 0) is 16.8 Å². The van der Waals surface area contributed by atoms with Crippen molar-refractivity contribution in [3.8, 4) is 0 Å². The normalized spacial score (nSPS) is 11.6. The number of nitrogens with zero attached hydrogens (tertiary/aromatic N) is 5. The van der Waals surface area contributed by atoms with E-state index in [9.17, 15) is 8.42 Å². The molecule has 20 heavy (non-hydrogen) atoms. The van der Waals surface area contributed by atoms with Crippen molar-refractivity contribution in [1.29, 1.82) is 0 Å². The Hall–Kier alpha value is -1.71. The first-order valence-electron chi connectivity index (χ1n) is 5.64. The van der Waals surface area contributed by atoms with Crippen molar-refractivity contribution in [2.45, 2.75) is 13.5 Å². The lowest BCUT2D eigenvalue weighted by Gasteiger charge is -2.20. The molecule has 0 amide bonds. The van der Waals surface area contributed by atoms with Crippen LogP contribution in [-0.4, -0.2) is 38.4 Å². The van der Waals surface area contributed by atoms with Crippen LogP contribution < -0.4 is 4.90 Å². The van der Waals surface area contributed by atoms with Crippen molar-refractivity contribution in [1.82, 2.24) is 18.9 Å². The van der Waals surface area contributed by atoms with Crippen LogP contribution in [0, 0.1) is 0 Å². The van der Waals surface area contributed by atoms with Crippen molar-refractivity contribution in [3.05, 3.63) is 35.8 Å². The topological polar surface area (TPSA) is 101 Å². The first-order chi connectivity index (χ1) is 9.40. The fourth-order valence-corrected chi connectivity index (χ4v) is 2.17. The van der Waals surface area contributed by atoms with Crippen LogP contribution in [0.5, 0.6) is 0 Å². The second kappa shape index (κ2) is 5.73. The Balaban J connectivity index is 2.21. The summed E-state index contributed by atoms with van der Waals surface area (Å²) in [6, 6.07) is 1.69. The molecule has 0 fully saturated rings. The number of hydrogen-bond donors (Lipinski definition) is 1. The van der Waals surface area contributed by atoms with Crippen molar-refractivity contribution in [3.63, 3.8) is 0 Å². The largest absolute Gasteiger partial charge is 0.364 e. The van der Waals surface area contributed by atoms with Gasteiger partial charge in [-0.1, -0.05) is 0 Å². The van der Waals surface area contributed by atoms with E-state index in [0.29, 0.717) is 28.6 Å². The number of rotatable bonds is 5. The Labute approximate surface area is 120 Å². The number of hydrogen-bond acceptors (Lipinski definition) is 6. The van der Waals surface area contributed by atoms with E-state index in [2.05, 4.69) is 15.0 Å². The van der Waals surface area contributed by atoms with Crippen LogP contribution in [0.1, 0.15) is 12.6 Å². The maximum atomic E-state index is 10.9. The Kier molecular flexibility index (Phi) is 4.21. The van der Waals surface area contributed by atoms with Gasteiger partial charge in [0, 0.05) is 18.9 Å². The first-order valence-corrected chi connectivity index (χ1v) is 7.42. The van der Waals surface area contributed by atoms with Crippen LogP contribution in [0.4, 0.5) is 5.82 Å². The molecule has 2 aromatic heterocycles. The van der Waals surface area contributed by atoms with E-state index in [4.69, 9.17) is 16.2 Å². The zero-order chi connectivity index (χ0) is 14.8. The summed E-state index contributed by atoms with van der Waals surface area (Å²) >= 11 is 5.73. The van der Waals surface area contributed by atoms with Gasteiger partial charge in [0.25, 0.3) is 0 Å². The SMILES string of the molecule is CCN(Cc1cn(S(=O)(=O)O)cn1)c1ccnc(Cl)n1. The standard InChI is InChI=1S/C10H12ClN5O3S/c1-2-15(9-3-4-12-10(11)14-9)5-8-6-16(7-13-8)20(17,18)19/h3-4,6-7H,2,5H2,1H3,(H,17,18,19). The molecule has 0 bridgehead atoms. The van der Waals surface area contributed by atoms with E-state index >= 15 is 0 Å². The molecule has 2 heterocycles. The molecular weight excluding hydrogens is 306 g/mol. The summed E-state index contributed by atoms with van der Waals surface area (Å²) in [4.78, 5) is 13.6. The van der Waals surface area contributed by atoms with Crippen molar-refractivity contribution < 1.29 is 13.0 Å². The van der Waals surface area contributed by atoms with E-state index < -0.39 is 10.3 Å². The van der Waals surface area contributed by atoms with Gasteiger partial charge in [0.1, 0.15) is 12.1 Å². The quantitative estimate of drug-likeness (QED) is 0.648. The lowest BCUT2D eigenvalue weighted by molar-refractivity contribution is 0.472. The summed E-state index contributed by atoms with van der Waals surface area (Å²) in [5, 5.41) is 0.129. The summed E-state index contributed by atoms with van der Waals surface area (Å²) in [5.74, 6) is 0.605. The Morgan fingerprint density at radius 2 is 2.20 bits per heavy atom. The lowest BCUT2D eigenvalue weighted by Crippen LogP contribution is -2.23. The number of imidazole rings is 1. The molecule has 1 N–H and O–H groups in total. The minimum Gasteiger partial charge on any atom is -0.351 e. The summed E-state index contributed by atoms with van der Waals surface area (Å²) < 4.78 is 31.4. The van der Waals surface area contributed by atoms with Crippen LogP contribution in [0.15, 0.2) is 24.8 Å². The highest BCUT2D eigenvalue weighted by Crippen LogP contribution is 2.15. The highest BCUT2D eigenvalue weighted by Gasteiger charge is 2.13. The molecule has 108 valence electrons. The zero-order valence-corrected chi connectivity index (χ0v) is 12.1. The molecule has 0 saturated heterocycles. The third kappa shape index (κ3) is 3.44. The van der Waals surface area contributed by atoms with Crippen molar-refractivity contribution in [2.75, 3.05) is 11.4 Å². The van der Waals surface area contributed by atoms with Gasteiger partial charge >= 0.3 is 10.3 Å². The Morgan fingerprint density at radius 1 is 1.45 bits per heavy atom. The minimum atomic E-state index is -4.31. The second-order valence-corrected chi connectivity index (χ2v) is 5.53. The van der Waals surface area contributed by atoms with E-state index in [1.165, 1.54) is 12.4 Å². The van der Waals surface area contributed by atoms with Gasteiger partial charge in [-0.2, -0.15) is 8.42 Å². The molecular formula is C10H12ClN5O3S. The third-order valence-electron chi connectivity index (χ3n) is 2.55. The molecule has 2 aromatic rings.